The molecular formula is C14H26N2O. The van der Waals surface area contributed by atoms with Gasteiger partial charge in [-0.2, -0.15) is 0 Å². The van der Waals surface area contributed by atoms with Crippen molar-refractivity contribution < 1.29 is 4.74 Å². The summed E-state index contributed by atoms with van der Waals surface area (Å²) in [6, 6.07) is 2.17. The van der Waals surface area contributed by atoms with Crippen LogP contribution >= 0.6 is 0 Å². The maximum atomic E-state index is 5.47. The summed E-state index contributed by atoms with van der Waals surface area (Å²) in [7, 11) is 0. The molecule has 1 heterocycles. The zero-order valence-electron chi connectivity index (χ0n) is 11.4. The first kappa shape index (κ1) is 14.3. The molecule has 0 aliphatic rings. The van der Waals surface area contributed by atoms with Gasteiger partial charge in [0.15, 0.2) is 0 Å². The second-order valence-corrected chi connectivity index (χ2v) is 4.89. The molecular weight excluding hydrogens is 212 g/mol. The van der Waals surface area contributed by atoms with Gasteiger partial charge in [-0.15, -0.1) is 0 Å². The van der Waals surface area contributed by atoms with Crippen LogP contribution in [0.2, 0.25) is 0 Å². The van der Waals surface area contributed by atoms with Crippen LogP contribution in [-0.2, 0) is 17.8 Å². The Labute approximate surface area is 105 Å². The third-order valence-corrected chi connectivity index (χ3v) is 2.54. The normalized spacial score (nSPS) is 11.3. The lowest BCUT2D eigenvalue weighted by Crippen LogP contribution is -2.18. The Morgan fingerprint density at radius 1 is 1.35 bits per heavy atom. The molecule has 1 aromatic rings. The van der Waals surface area contributed by atoms with Crippen molar-refractivity contribution in [3.63, 3.8) is 0 Å². The van der Waals surface area contributed by atoms with Crippen LogP contribution in [0.25, 0.3) is 0 Å². The van der Waals surface area contributed by atoms with Crippen molar-refractivity contribution in [2.75, 3.05) is 19.8 Å². The molecule has 0 bridgehead atoms. The van der Waals surface area contributed by atoms with Gasteiger partial charge in [0.05, 0.1) is 6.61 Å². The summed E-state index contributed by atoms with van der Waals surface area (Å²) >= 11 is 0. The molecule has 17 heavy (non-hydrogen) atoms. The molecule has 0 amide bonds. The summed E-state index contributed by atoms with van der Waals surface area (Å²) in [5.41, 5.74) is 1.35. The molecule has 1 rings (SSSR count). The molecule has 0 aromatic carbocycles. The first-order chi connectivity index (χ1) is 8.22. The number of nitrogens with one attached hydrogen (secondary N) is 1. The number of nitrogens with zero attached hydrogens (tertiary/aromatic N) is 1. The summed E-state index contributed by atoms with van der Waals surface area (Å²) < 4.78 is 7.67. The van der Waals surface area contributed by atoms with E-state index < -0.39 is 0 Å². The van der Waals surface area contributed by atoms with E-state index in [-0.39, 0.29) is 0 Å². The second-order valence-electron chi connectivity index (χ2n) is 4.89. The fourth-order valence-corrected chi connectivity index (χ4v) is 1.66. The first-order valence-electron chi connectivity index (χ1n) is 6.65. The predicted molar refractivity (Wildman–Crippen MR) is 72.1 cm³/mol. The molecule has 0 saturated carbocycles. The van der Waals surface area contributed by atoms with Crippen molar-refractivity contribution in [3.8, 4) is 0 Å². The Bertz CT molecular complexity index is 294. The van der Waals surface area contributed by atoms with Gasteiger partial charge in [0.25, 0.3) is 0 Å². The van der Waals surface area contributed by atoms with Crippen molar-refractivity contribution in [2.45, 2.75) is 40.3 Å². The molecule has 0 atom stereocenters. The number of aromatic nitrogens is 1. The highest BCUT2D eigenvalue weighted by molar-refractivity contribution is 5.09. The predicted octanol–water partition coefficient (Wildman–Crippen LogP) is 2.66. The maximum Gasteiger partial charge on any atom is 0.0645 e. The molecule has 0 fully saturated rings. The van der Waals surface area contributed by atoms with Crippen LogP contribution in [0, 0.1) is 5.92 Å². The van der Waals surface area contributed by atoms with Crippen LogP contribution in [0.3, 0.4) is 0 Å². The van der Waals surface area contributed by atoms with Crippen molar-refractivity contribution >= 4 is 0 Å². The highest BCUT2D eigenvalue weighted by Crippen LogP contribution is 2.01. The average molecular weight is 238 g/mol. The third kappa shape index (κ3) is 6.49. The molecule has 0 radical (unpaired) electrons. The van der Waals surface area contributed by atoms with Crippen molar-refractivity contribution in [2.24, 2.45) is 5.92 Å². The van der Waals surface area contributed by atoms with Gasteiger partial charge in [-0.3, -0.25) is 0 Å². The fraction of sp³-hybridized carbons (Fsp3) is 0.714. The maximum absolute atomic E-state index is 5.47. The molecule has 98 valence electrons. The van der Waals surface area contributed by atoms with Gasteiger partial charge >= 0.3 is 0 Å². The largest absolute Gasteiger partial charge is 0.380 e. The van der Waals surface area contributed by atoms with E-state index in [0.717, 1.165) is 39.3 Å². The highest BCUT2D eigenvalue weighted by atomic mass is 16.5. The lowest BCUT2D eigenvalue weighted by molar-refractivity contribution is 0.127. The minimum atomic E-state index is 0.708. The van der Waals surface area contributed by atoms with Crippen LogP contribution in [-0.4, -0.2) is 24.3 Å². The minimum Gasteiger partial charge on any atom is -0.380 e. The summed E-state index contributed by atoms with van der Waals surface area (Å²) in [6.07, 6.45) is 5.42. The average Bonchev–Trinajstić information content (AvgIpc) is 2.72. The molecule has 3 heteroatoms. The summed E-state index contributed by atoms with van der Waals surface area (Å²) in [6.45, 7) is 11.2. The van der Waals surface area contributed by atoms with E-state index in [0.29, 0.717) is 5.92 Å². The van der Waals surface area contributed by atoms with E-state index in [2.05, 4.69) is 49.1 Å². The molecule has 1 aromatic heterocycles. The quantitative estimate of drug-likeness (QED) is 0.669. The minimum absolute atomic E-state index is 0.708. The Morgan fingerprint density at radius 2 is 2.18 bits per heavy atom. The zero-order valence-corrected chi connectivity index (χ0v) is 11.4. The number of ether oxygens (including phenoxy) is 1. The van der Waals surface area contributed by atoms with Crippen LogP contribution in [0.15, 0.2) is 18.5 Å². The van der Waals surface area contributed by atoms with Gasteiger partial charge in [0.2, 0.25) is 0 Å². The van der Waals surface area contributed by atoms with Crippen molar-refractivity contribution in [1.82, 2.24) is 9.88 Å². The smallest absolute Gasteiger partial charge is 0.0645 e. The van der Waals surface area contributed by atoms with E-state index >= 15 is 0 Å². The van der Waals surface area contributed by atoms with E-state index in [1.165, 1.54) is 5.56 Å². The molecule has 0 aliphatic carbocycles. The summed E-state index contributed by atoms with van der Waals surface area (Å²) in [5.74, 6) is 0.708. The molecule has 0 aliphatic heterocycles. The zero-order chi connectivity index (χ0) is 12.5. The summed E-state index contributed by atoms with van der Waals surface area (Å²) in [4.78, 5) is 0. The van der Waals surface area contributed by atoms with E-state index in [1.807, 2.05) is 0 Å². The van der Waals surface area contributed by atoms with Crippen LogP contribution in [0.1, 0.15) is 32.8 Å². The Morgan fingerprint density at radius 3 is 2.88 bits per heavy atom. The Hall–Kier alpha value is -0.800. The van der Waals surface area contributed by atoms with E-state index in [1.54, 1.807) is 0 Å². The van der Waals surface area contributed by atoms with Gasteiger partial charge in [-0.25, -0.2) is 0 Å². The molecule has 0 saturated heterocycles. The van der Waals surface area contributed by atoms with Crippen LogP contribution < -0.4 is 5.32 Å². The summed E-state index contributed by atoms with van der Waals surface area (Å²) in [5, 5.41) is 3.45. The highest BCUT2D eigenvalue weighted by Gasteiger charge is 1.98. The van der Waals surface area contributed by atoms with Gasteiger partial charge in [0.1, 0.15) is 0 Å². The van der Waals surface area contributed by atoms with Crippen LogP contribution in [0.4, 0.5) is 0 Å². The van der Waals surface area contributed by atoms with E-state index in [4.69, 9.17) is 4.74 Å². The van der Waals surface area contributed by atoms with Gasteiger partial charge in [-0.1, -0.05) is 20.8 Å². The molecule has 0 unspecified atom stereocenters. The Kier molecular flexibility index (Phi) is 6.97. The third-order valence-electron chi connectivity index (χ3n) is 2.54. The lowest BCUT2D eigenvalue weighted by atomic mass is 10.2. The van der Waals surface area contributed by atoms with Crippen molar-refractivity contribution in [3.05, 3.63) is 24.0 Å². The monoisotopic (exact) mass is 238 g/mol. The number of hydrogen-bond donors (Lipinski definition) is 1. The van der Waals surface area contributed by atoms with Gasteiger partial charge < -0.3 is 14.6 Å². The van der Waals surface area contributed by atoms with Gasteiger partial charge in [0, 0.05) is 32.1 Å². The van der Waals surface area contributed by atoms with E-state index in [9.17, 15) is 0 Å². The first-order valence-corrected chi connectivity index (χ1v) is 6.65. The standard InChI is InChI=1S/C14H26N2O/c1-4-8-17-9-7-16-6-5-14(12-16)11-15-10-13(2)3/h5-6,12-13,15H,4,7-11H2,1-3H3. The number of hydrogen-bond acceptors (Lipinski definition) is 2. The topological polar surface area (TPSA) is 26.2 Å². The molecule has 0 spiro atoms. The SMILES string of the molecule is CCCOCCn1ccc(CNCC(C)C)c1. The second kappa shape index (κ2) is 8.31. The Balaban J connectivity index is 2.18. The fourth-order valence-electron chi connectivity index (χ4n) is 1.66. The van der Waals surface area contributed by atoms with Gasteiger partial charge in [-0.05, 0) is 30.5 Å². The lowest BCUT2D eigenvalue weighted by Gasteiger charge is -2.06. The number of rotatable bonds is 9. The van der Waals surface area contributed by atoms with Crippen LogP contribution in [0.5, 0.6) is 0 Å². The van der Waals surface area contributed by atoms with Crippen molar-refractivity contribution in [1.29, 1.82) is 0 Å². The molecule has 3 nitrogen and oxygen atoms in total. The molecule has 1 N–H and O–H groups in total.